The van der Waals surface area contributed by atoms with E-state index >= 15 is 0 Å². The molecule has 2 N–H and O–H groups in total. The highest BCUT2D eigenvalue weighted by Gasteiger charge is 2.32. The molecule has 2 heterocycles. The maximum Gasteiger partial charge on any atom is 0.315 e. The number of carbonyl (C=O) groups is 2. The van der Waals surface area contributed by atoms with Crippen molar-refractivity contribution in [3.05, 3.63) is 48.3 Å². The first-order valence-corrected chi connectivity index (χ1v) is 8.56. The Morgan fingerprint density at radius 3 is 2.78 bits per heavy atom. The monoisotopic (exact) mass is 370 g/mol. The summed E-state index contributed by atoms with van der Waals surface area (Å²) in [6.07, 6.45) is 3.61. The first-order valence-electron chi connectivity index (χ1n) is 8.56. The average Bonchev–Trinajstić information content (AvgIpc) is 3.06. The molecule has 1 fully saturated rings. The number of hydrogen-bond donors (Lipinski definition) is 2. The number of aromatic nitrogens is 1. The Morgan fingerprint density at radius 1 is 1.26 bits per heavy atom. The van der Waals surface area contributed by atoms with Gasteiger partial charge in [0.25, 0.3) is 0 Å². The fourth-order valence-electron chi connectivity index (χ4n) is 2.97. The van der Waals surface area contributed by atoms with Gasteiger partial charge in [-0.05, 0) is 23.8 Å². The van der Waals surface area contributed by atoms with Gasteiger partial charge in [0.05, 0.1) is 20.3 Å². The number of pyridine rings is 1. The maximum atomic E-state index is 12.4. The Kier molecular flexibility index (Phi) is 5.75. The molecule has 0 aliphatic carbocycles. The largest absolute Gasteiger partial charge is 0.493 e. The molecular weight excluding hydrogens is 348 g/mol. The van der Waals surface area contributed by atoms with Gasteiger partial charge >= 0.3 is 6.03 Å². The number of anilines is 1. The van der Waals surface area contributed by atoms with E-state index in [-0.39, 0.29) is 24.4 Å². The second-order valence-electron chi connectivity index (χ2n) is 6.13. The first-order chi connectivity index (χ1) is 13.1. The fraction of sp³-hybridized carbons (Fsp3) is 0.316. The van der Waals surface area contributed by atoms with Crippen LogP contribution in [0.1, 0.15) is 12.0 Å². The number of ether oxygens (including phenoxy) is 2. The molecule has 8 heteroatoms. The third kappa shape index (κ3) is 4.46. The van der Waals surface area contributed by atoms with E-state index in [1.54, 1.807) is 49.7 Å². The first kappa shape index (κ1) is 18.5. The highest BCUT2D eigenvalue weighted by atomic mass is 16.5. The van der Waals surface area contributed by atoms with E-state index in [1.165, 1.54) is 0 Å². The number of carbonyl (C=O) groups excluding carboxylic acids is 2. The normalized spacial score (nSPS) is 16.1. The quantitative estimate of drug-likeness (QED) is 0.807. The number of benzene rings is 1. The summed E-state index contributed by atoms with van der Waals surface area (Å²) in [6.45, 7) is 0.772. The van der Waals surface area contributed by atoms with E-state index in [0.29, 0.717) is 30.3 Å². The number of rotatable bonds is 6. The fourth-order valence-corrected chi connectivity index (χ4v) is 2.97. The van der Waals surface area contributed by atoms with Crippen molar-refractivity contribution in [1.82, 2.24) is 15.6 Å². The standard InChI is InChI=1S/C19H22N4O4/c1-26-16-6-5-15(9-17(16)27-2)23-12-14(8-18(23)24)22-19(25)21-11-13-4-3-7-20-10-13/h3-7,9-10,14H,8,11-12H2,1-2H3,(H2,21,22,25)/t14-/m0/s1. The van der Waals surface area contributed by atoms with Gasteiger partial charge < -0.3 is 25.0 Å². The molecule has 1 saturated heterocycles. The van der Waals surface area contributed by atoms with Gasteiger partial charge in [-0.15, -0.1) is 0 Å². The van der Waals surface area contributed by atoms with Gasteiger partial charge in [0.1, 0.15) is 0 Å². The zero-order valence-corrected chi connectivity index (χ0v) is 15.3. The summed E-state index contributed by atoms with van der Waals surface area (Å²) in [7, 11) is 3.10. The van der Waals surface area contributed by atoms with Gasteiger partial charge in [0.15, 0.2) is 11.5 Å². The lowest BCUT2D eigenvalue weighted by Gasteiger charge is -2.19. The van der Waals surface area contributed by atoms with Crippen molar-refractivity contribution in [3.63, 3.8) is 0 Å². The van der Waals surface area contributed by atoms with Crippen molar-refractivity contribution in [2.75, 3.05) is 25.7 Å². The summed E-state index contributed by atoms with van der Waals surface area (Å²) < 4.78 is 10.5. The van der Waals surface area contributed by atoms with E-state index in [9.17, 15) is 9.59 Å². The predicted molar refractivity (Wildman–Crippen MR) is 99.9 cm³/mol. The molecule has 142 valence electrons. The molecule has 8 nitrogen and oxygen atoms in total. The van der Waals surface area contributed by atoms with E-state index in [0.717, 1.165) is 5.56 Å². The van der Waals surface area contributed by atoms with E-state index in [1.807, 2.05) is 12.1 Å². The van der Waals surface area contributed by atoms with E-state index < -0.39 is 0 Å². The Morgan fingerprint density at radius 2 is 2.07 bits per heavy atom. The molecule has 1 atom stereocenters. The van der Waals surface area contributed by atoms with Gasteiger partial charge in [0, 0.05) is 43.7 Å². The molecule has 1 aromatic carbocycles. The summed E-state index contributed by atoms with van der Waals surface area (Å²) in [5, 5.41) is 5.61. The van der Waals surface area contributed by atoms with E-state index in [4.69, 9.17) is 9.47 Å². The van der Waals surface area contributed by atoms with Crippen molar-refractivity contribution in [2.24, 2.45) is 0 Å². The van der Waals surface area contributed by atoms with Crippen LogP contribution in [-0.4, -0.2) is 43.7 Å². The SMILES string of the molecule is COc1ccc(N2C[C@@H](NC(=O)NCc3cccnc3)CC2=O)cc1OC. The average molecular weight is 370 g/mol. The van der Waals surface area contributed by atoms with Crippen LogP contribution in [0.15, 0.2) is 42.7 Å². The summed E-state index contributed by atoms with van der Waals surface area (Å²) in [6, 6.07) is 8.41. The van der Waals surface area contributed by atoms with Crippen molar-refractivity contribution in [2.45, 2.75) is 19.0 Å². The molecule has 1 aliphatic heterocycles. The van der Waals surface area contributed by atoms with Crippen molar-refractivity contribution >= 4 is 17.6 Å². The Balaban J connectivity index is 1.58. The van der Waals surface area contributed by atoms with Crippen LogP contribution < -0.4 is 25.0 Å². The van der Waals surface area contributed by atoms with Gasteiger partial charge in [-0.25, -0.2) is 4.79 Å². The minimum atomic E-state index is -0.314. The van der Waals surface area contributed by atoms with Crippen LogP contribution in [0.5, 0.6) is 11.5 Å². The summed E-state index contributed by atoms with van der Waals surface area (Å²) in [5.41, 5.74) is 1.61. The van der Waals surface area contributed by atoms with Crippen LogP contribution in [0.2, 0.25) is 0 Å². The molecule has 0 radical (unpaired) electrons. The third-order valence-corrected chi connectivity index (χ3v) is 4.31. The molecule has 0 unspecified atom stereocenters. The number of methoxy groups -OCH3 is 2. The maximum absolute atomic E-state index is 12.4. The molecular formula is C19H22N4O4. The number of hydrogen-bond acceptors (Lipinski definition) is 5. The Labute approximate surface area is 157 Å². The number of nitrogens with one attached hydrogen (secondary N) is 2. The Bertz CT molecular complexity index is 813. The number of amides is 3. The lowest BCUT2D eigenvalue weighted by Crippen LogP contribution is -2.43. The van der Waals surface area contributed by atoms with Crippen molar-refractivity contribution in [3.8, 4) is 11.5 Å². The van der Waals surface area contributed by atoms with Crippen molar-refractivity contribution in [1.29, 1.82) is 0 Å². The second kappa shape index (κ2) is 8.39. The lowest BCUT2D eigenvalue weighted by molar-refractivity contribution is -0.117. The summed E-state index contributed by atoms with van der Waals surface area (Å²) in [5.74, 6) is 1.09. The topological polar surface area (TPSA) is 92.8 Å². The smallest absolute Gasteiger partial charge is 0.315 e. The van der Waals surface area contributed by atoms with Crippen LogP contribution in [0.25, 0.3) is 0 Å². The van der Waals surface area contributed by atoms with Crippen LogP contribution in [0.4, 0.5) is 10.5 Å². The molecule has 2 aromatic rings. The van der Waals surface area contributed by atoms with E-state index in [2.05, 4.69) is 15.6 Å². The van der Waals surface area contributed by atoms with Crippen LogP contribution in [0.3, 0.4) is 0 Å². The van der Waals surface area contributed by atoms with Crippen LogP contribution in [-0.2, 0) is 11.3 Å². The summed E-state index contributed by atoms with van der Waals surface area (Å²) >= 11 is 0. The van der Waals surface area contributed by atoms with Crippen LogP contribution >= 0.6 is 0 Å². The van der Waals surface area contributed by atoms with Gasteiger partial charge in [-0.2, -0.15) is 0 Å². The van der Waals surface area contributed by atoms with Crippen LogP contribution in [0, 0.1) is 0 Å². The molecule has 27 heavy (non-hydrogen) atoms. The highest BCUT2D eigenvalue weighted by molar-refractivity contribution is 5.97. The molecule has 0 saturated carbocycles. The van der Waals surface area contributed by atoms with Gasteiger partial charge in [0.2, 0.25) is 5.91 Å². The zero-order chi connectivity index (χ0) is 19.2. The third-order valence-electron chi connectivity index (χ3n) is 4.31. The van der Waals surface area contributed by atoms with Crippen molar-refractivity contribution < 1.29 is 19.1 Å². The summed E-state index contributed by atoms with van der Waals surface area (Å²) in [4.78, 5) is 30.1. The highest BCUT2D eigenvalue weighted by Crippen LogP contribution is 2.33. The molecule has 1 aromatic heterocycles. The molecule has 1 aliphatic rings. The zero-order valence-electron chi connectivity index (χ0n) is 15.3. The van der Waals surface area contributed by atoms with Gasteiger partial charge in [-0.3, -0.25) is 9.78 Å². The van der Waals surface area contributed by atoms with Gasteiger partial charge in [-0.1, -0.05) is 6.07 Å². The minimum absolute atomic E-state index is 0.0558. The molecule has 3 amide bonds. The predicted octanol–water partition coefficient (Wildman–Crippen LogP) is 1.70. The molecule has 0 spiro atoms. The Hall–Kier alpha value is -3.29. The molecule has 0 bridgehead atoms. The second-order valence-corrected chi connectivity index (χ2v) is 6.13. The molecule has 3 rings (SSSR count). The lowest BCUT2D eigenvalue weighted by atomic mass is 10.2. The number of urea groups is 1. The number of nitrogens with zero attached hydrogens (tertiary/aromatic N) is 2. The minimum Gasteiger partial charge on any atom is -0.493 e.